The van der Waals surface area contributed by atoms with Gasteiger partial charge < -0.3 is 19.9 Å². The number of hydrogen-bond donors (Lipinski definition) is 2. The van der Waals surface area contributed by atoms with Gasteiger partial charge >= 0.3 is 6.03 Å². The molecule has 0 radical (unpaired) electrons. The molecular weight excluding hydrogens is 320 g/mol. The average Bonchev–Trinajstić information content (AvgIpc) is 3.10. The molecule has 0 spiro atoms. The summed E-state index contributed by atoms with van der Waals surface area (Å²) in [6, 6.07) is 5.85. The second kappa shape index (κ2) is 6.84. The van der Waals surface area contributed by atoms with Crippen molar-refractivity contribution in [3.63, 3.8) is 0 Å². The molecule has 25 heavy (non-hydrogen) atoms. The first-order valence-corrected chi connectivity index (χ1v) is 7.98. The van der Waals surface area contributed by atoms with Crippen LogP contribution < -0.4 is 15.4 Å². The van der Waals surface area contributed by atoms with E-state index in [-0.39, 0.29) is 6.03 Å². The largest absolute Gasteiger partial charge is 0.480 e. The number of nitrogens with zero attached hydrogens (tertiary/aromatic N) is 4. The number of aromatic nitrogens is 4. The highest BCUT2D eigenvalue weighted by Crippen LogP contribution is 2.16. The van der Waals surface area contributed by atoms with E-state index in [0.717, 1.165) is 28.0 Å². The van der Waals surface area contributed by atoms with Gasteiger partial charge in [-0.05, 0) is 24.6 Å². The Labute approximate surface area is 145 Å². The zero-order valence-corrected chi connectivity index (χ0v) is 14.8. The fraction of sp³-hybridized carbons (Fsp3) is 0.353. The van der Waals surface area contributed by atoms with Gasteiger partial charge in [-0.3, -0.25) is 4.68 Å². The van der Waals surface area contributed by atoms with Crippen LogP contribution in [0.3, 0.4) is 0 Å². The van der Waals surface area contributed by atoms with E-state index in [1.165, 1.54) is 0 Å². The molecular formula is C17H22N6O2. The standard InChI is InChI=1S/C17H22N6O2/c1-11-5-6-14-13(7-11)20-15(23(14)3)9-19-17(24)18-8-12-10-22(2)21-16(12)25-4/h5-7,10H,8-9H2,1-4H3,(H2,18,19,24). The van der Waals surface area contributed by atoms with Crippen molar-refractivity contribution in [1.82, 2.24) is 30.0 Å². The molecule has 2 heterocycles. The molecule has 2 amide bonds. The van der Waals surface area contributed by atoms with Crippen molar-refractivity contribution in [1.29, 1.82) is 0 Å². The molecule has 0 aliphatic carbocycles. The molecule has 0 saturated carbocycles. The lowest BCUT2D eigenvalue weighted by atomic mass is 10.2. The van der Waals surface area contributed by atoms with E-state index in [9.17, 15) is 4.79 Å². The Bertz CT molecular complexity index is 911. The van der Waals surface area contributed by atoms with Crippen molar-refractivity contribution in [2.45, 2.75) is 20.0 Å². The Morgan fingerprint density at radius 3 is 2.76 bits per heavy atom. The second-order valence-corrected chi connectivity index (χ2v) is 5.95. The summed E-state index contributed by atoms with van der Waals surface area (Å²) in [5.41, 5.74) is 3.95. The highest BCUT2D eigenvalue weighted by molar-refractivity contribution is 5.77. The number of fused-ring (bicyclic) bond motifs is 1. The SMILES string of the molecule is COc1nn(C)cc1CNC(=O)NCc1nc2cc(C)ccc2n1C. The number of methoxy groups -OCH3 is 1. The Kier molecular flexibility index (Phi) is 4.60. The van der Waals surface area contributed by atoms with Gasteiger partial charge in [-0.2, -0.15) is 0 Å². The molecule has 0 unspecified atom stereocenters. The van der Waals surface area contributed by atoms with Gasteiger partial charge in [0, 0.05) is 20.3 Å². The minimum Gasteiger partial charge on any atom is -0.480 e. The highest BCUT2D eigenvalue weighted by Gasteiger charge is 2.11. The van der Waals surface area contributed by atoms with Crippen molar-refractivity contribution < 1.29 is 9.53 Å². The Hall–Kier alpha value is -3.03. The van der Waals surface area contributed by atoms with Crippen LogP contribution in [-0.2, 0) is 27.2 Å². The van der Waals surface area contributed by atoms with E-state index < -0.39 is 0 Å². The van der Waals surface area contributed by atoms with Crippen LogP contribution in [0.1, 0.15) is 17.0 Å². The fourth-order valence-corrected chi connectivity index (χ4v) is 2.73. The molecule has 3 rings (SSSR count). The Morgan fingerprint density at radius 2 is 2.00 bits per heavy atom. The summed E-state index contributed by atoms with van der Waals surface area (Å²) >= 11 is 0. The molecule has 132 valence electrons. The molecule has 0 aliphatic rings. The number of amides is 2. The molecule has 2 aromatic heterocycles. The summed E-state index contributed by atoms with van der Waals surface area (Å²) in [6.45, 7) is 2.72. The lowest BCUT2D eigenvalue weighted by Crippen LogP contribution is -2.35. The average molecular weight is 342 g/mol. The molecule has 2 N–H and O–H groups in total. The molecule has 3 aromatic rings. The van der Waals surface area contributed by atoms with Crippen LogP contribution in [0.2, 0.25) is 0 Å². The number of benzene rings is 1. The first kappa shape index (κ1) is 16.8. The molecule has 1 aromatic carbocycles. The van der Waals surface area contributed by atoms with Crippen molar-refractivity contribution >= 4 is 17.1 Å². The van der Waals surface area contributed by atoms with Gasteiger partial charge in [-0.25, -0.2) is 9.78 Å². The van der Waals surface area contributed by atoms with E-state index in [1.54, 1.807) is 18.8 Å². The van der Waals surface area contributed by atoms with E-state index in [4.69, 9.17) is 4.74 Å². The lowest BCUT2D eigenvalue weighted by molar-refractivity contribution is 0.239. The third kappa shape index (κ3) is 3.57. The Morgan fingerprint density at radius 1 is 1.24 bits per heavy atom. The first-order chi connectivity index (χ1) is 12.0. The minimum absolute atomic E-state index is 0.269. The number of rotatable bonds is 5. The van der Waals surface area contributed by atoms with Crippen LogP contribution in [0.25, 0.3) is 11.0 Å². The van der Waals surface area contributed by atoms with E-state index >= 15 is 0 Å². The van der Waals surface area contributed by atoms with Crippen molar-refractivity contribution in [2.24, 2.45) is 14.1 Å². The second-order valence-electron chi connectivity index (χ2n) is 5.95. The monoisotopic (exact) mass is 342 g/mol. The summed E-state index contributed by atoms with van der Waals surface area (Å²) in [7, 11) is 5.30. The maximum atomic E-state index is 12.0. The predicted octanol–water partition coefficient (Wildman–Crippen LogP) is 1.62. The van der Waals surface area contributed by atoms with Crippen LogP contribution in [0.4, 0.5) is 4.79 Å². The summed E-state index contributed by atoms with van der Waals surface area (Å²) in [4.78, 5) is 16.6. The van der Waals surface area contributed by atoms with E-state index in [2.05, 4.69) is 26.8 Å². The van der Waals surface area contributed by atoms with Gasteiger partial charge in [-0.1, -0.05) is 6.07 Å². The molecule has 0 saturated heterocycles. The van der Waals surface area contributed by atoms with Gasteiger partial charge in [0.15, 0.2) is 0 Å². The smallest absolute Gasteiger partial charge is 0.315 e. The number of hydrogen-bond acceptors (Lipinski definition) is 4. The third-order valence-corrected chi connectivity index (χ3v) is 4.03. The number of carbonyl (C=O) groups is 1. The van der Waals surface area contributed by atoms with Gasteiger partial charge in [0.25, 0.3) is 0 Å². The van der Waals surface area contributed by atoms with Crippen LogP contribution >= 0.6 is 0 Å². The van der Waals surface area contributed by atoms with E-state index in [0.29, 0.717) is 19.0 Å². The zero-order chi connectivity index (χ0) is 18.0. The number of imidazole rings is 1. The van der Waals surface area contributed by atoms with Gasteiger partial charge in [0.1, 0.15) is 5.82 Å². The number of urea groups is 1. The van der Waals surface area contributed by atoms with Crippen molar-refractivity contribution in [3.05, 3.63) is 41.3 Å². The van der Waals surface area contributed by atoms with Crippen LogP contribution in [0.5, 0.6) is 5.88 Å². The first-order valence-electron chi connectivity index (χ1n) is 7.98. The number of aryl methyl sites for hydroxylation is 3. The summed E-state index contributed by atoms with van der Waals surface area (Å²) in [6.07, 6.45) is 1.81. The summed E-state index contributed by atoms with van der Waals surface area (Å²) in [5, 5.41) is 9.78. The maximum absolute atomic E-state index is 12.0. The quantitative estimate of drug-likeness (QED) is 0.738. The van der Waals surface area contributed by atoms with Gasteiger partial charge in [0.2, 0.25) is 5.88 Å². The molecule has 0 aliphatic heterocycles. The number of carbonyl (C=O) groups excluding carboxylic acids is 1. The molecule has 0 bridgehead atoms. The fourth-order valence-electron chi connectivity index (χ4n) is 2.73. The van der Waals surface area contributed by atoms with Gasteiger partial charge in [0.05, 0.1) is 36.8 Å². The van der Waals surface area contributed by atoms with Gasteiger partial charge in [-0.15, -0.1) is 5.10 Å². The molecule has 8 nitrogen and oxygen atoms in total. The van der Waals surface area contributed by atoms with E-state index in [1.807, 2.05) is 36.9 Å². The zero-order valence-electron chi connectivity index (χ0n) is 14.8. The minimum atomic E-state index is -0.269. The lowest BCUT2D eigenvalue weighted by Gasteiger charge is -2.07. The molecule has 8 heteroatoms. The van der Waals surface area contributed by atoms with Crippen LogP contribution in [-0.4, -0.2) is 32.5 Å². The Balaban J connectivity index is 1.60. The highest BCUT2D eigenvalue weighted by atomic mass is 16.5. The molecule has 0 atom stereocenters. The topological polar surface area (TPSA) is 86.0 Å². The predicted molar refractivity (Wildman–Crippen MR) is 94.3 cm³/mol. The number of ether oxygens (including phenoxy) is 1. The van der Waals surface area contributed by atoms with Crippen molar-refractivity contribution in [2.75, 3.05) is 7.11 Å². The third-order valence-electron chi connectivity index (χ3n) is 4.03. The maximum Gasteiger partial charge on any atom is 0.315 e. The summed E-state index contributed by atoms with van der Waals surface area (Å²) in [5.74, 6) is 1.31. The number of nitrogens with one attached hydrogen (secondary N) is 2. The van der Waals surface area contributed by atoms with Crippen LogP contribution in [0.15, 0.2) is 24.4 Å². The summed E-state index contributed by atoms with van der Waals surface area (Å²) < 4.78 is 8.80. The van der Waals surface area contributed by atoms with Crippen molar-refractivity contribution in [3.8, 4) is 5.88 Å². The molecule has 0 fully saturated rings. The normalized spacial score (nSPS) is 10.9. The van der Waals surface area contributed by atoms with Crippen LogP contribution in [0, 0.1) is 6.92 Å².